The Hall–Kier alpha value is -3.12. The zero-order valence-corrected chi connectivity index (χ0v) is 15.9. The van der Waals surface area contributed by atoms with E-state index in [2.05, 4.69) is 0 Å². The van der Waals surface area contributed by atoms with Gasteiger partial charge in [-0.3, -0.25) is 9.59 Å². The van der Waals surface area contributed by atoms with Gasteiger partial charge in [0.1, 0.15) is 11.5 Å². The average Bonchev–Trinajstić information content (AvgIpc) is 2.99. The largest absolute Gasteiger partial charge is 0.507 e. The second kappa shape index (κ2) is 8.71. The number of hydrogen-bond donors (Lipinski definition) is 1. The number of aliphatic hydroxyl groups excluding tert-OH is 1. The van der Waals surface area contributed by atoms with Crippen LogP contribution in [0.3, 0.4) is 0 Å². The molecule has 0 saturated carbocycles. The van der Waals surface area contributed by atoms with Crippen LogP contribution in [0.5, 0.6) is 5.75 Å². The first-order chi connectivity index (χ1) is 13.6. The number of aliphatic hydroxyl groups is 1. The van der Waals surface area contributed by atoms with Crippen LogP contribution in [0, 0.1) is 0 Å². The highest BCUT2D eigenvalue weighted by Crippen LogP contribution is 2.39. The van der Waals surface area contributed by atoms with Crippen molar-refractivity contribution < 1.29 is 24.2 Å². The second-order valence-electron chi connectivity index (χ2n) is 6.48. The Morgan fingerprint density at radius 3 is 2.50 bits per heavy atom. The Balaban J connectivity index is 2.10. The standard InChI is InChI=1S/C22H23NO5/c1-27-13-7-12-23-19(15-8-4-3-5-9-15)18(21(25)22(23)26)20(24)16-10-6-11-17(14-16)28-2/h3-6,8-11,14,19,24H,7,12-13H2,1-2H3/t19-/m0/s1. The van der Waals surface area contributed by atoms with Crippen LogP contribution in [0.1, 0.15) is 23.6 Å². The summed E-state index contributed by atoms with van der Waals surface area (Å²) in [5, 5.41) is 10.9. The minimum Gasteiger partial charge on any atom is -0.507 e. The van der Waals surface area contributed by atoms with Crippen LogP contribution in [0.15, 0.2) is 60.2 Å². The lowest BCUT2D eigenvalue weighted by Gasteiger charge is -2.25. The van der Waals surface area contributed by atoms with E-state index in [1.165, 1.54) is 12.0 Å². The number of rotatable bonds is 7. The first kappa shape index (κ1) is 19.6. The molecule has 0 radical (unpaired) electrons. The van der Waals surface area contributed by atoms with E-state index in [9.17, 15) is 14.7 Å². The smallest absolute Gasteiger partial charge is 0.295 e. The van der Waals surface area contributed by atoms with Crippen LogP contribution in [-0.2, 0) is 14.3 Å². The average molecular weight is 381 g/mol. The van der Waals surface area contributed by atoms with Crippen molar-refractivity contribution >= 4 is 17.4 Å². The van der Waals surface area contributed by atoms with Gasteiger partial charge in [-0.15, -0.1) is 0 Å². The third kappa shape index (κ3) is 3.77. The lowest BCUT2D eigenvalue weighted by atomic mass is 9.95. The van der Waals surface area contributed by atoms with Crippen molar-refractivity contribution in [3.63, 3.8) is 0 Å². The van der Waals surface area contributed by atoms with E-state index in [1.54, 1.807) is 31.4 Å². The van der Waals surface area contributed by atoms with Gasteiger partial charge in [-0.05, 0) is 24.1 Å². The van der Waals surface area contributed by atoms with Crippen molar-refractivity contribution in [3.05, 3.63) is 71.3 Å². The first-order valence-corrected chi connectivity index (χ1v) is 9.05. The Morgan fingerprint density at radius 2 is 1.82 bits per heavy atom. The number of carbonyl (C=O) groups is 2. The van der Waals surface area contributed by atoms with E-state index in [-0.39, 0.29) is 11.3 Å². The quantitative estimate of drug-likeness (QED) is 0.345. The van der Waals surface area contributed by atoms with E-state index in [1.807, 2.05) is 30.3 Å². The first-order valence-electron chi connectivity index (χ1n) is 9.05. The SMILES string of the molecule is COCCCN1C(=O)C(=O)C(=C(O)c2cccc(OC)c2)[C@@H]1c1ccccc1. The highest BCUT2D eigenvalue weighted by molar-refractivity contribution is 6.46. The molecule has 0 aliphatic carbocycles. The van der Waals surface area contributed by atoms with Crippen molar-refractivity contribution in [3.8, 4) is 5.75 Å². The van der Waals surface area contributed by atoms with Crippen LogP contribution >= 0.6 is 0 Å². The monoisotopic (exact) mass is 381 g/mol. The summed E-state index contributed by atoms with van der Waals surface area (Å²) in [6.45, 7) is 0.827. The topological polar surface area (TPSA) is 76.1 Å². The van der Waals surface area contributed by atoms with E-state index in [0.29, 0.717) is 30.9 Å². The Labute approximate surface area is 164 Å². The number of hydrogen-bond acceptors (Lipinski definition) is 5. The molecule has 146 valence electrons. The third-order valence-corrected chi connectivity index (χ3v) is 4.75. The molecule has 1 aliphatic rings. The highest BCUT2D eigenvalue weighted by atomic mass is 16.5. The van der Waals surface area contributed by atoms with Crippen molar-refractivity contribution in [2.45, 2.75) is 12.5 Å². The van der Waals surface area contributed by atoms with E-state index < -0.39 is 17.7 Å². The number of carbonyl (C=O) groups excluding carboxylic acids is 2. The molecule has 1 fully saturated rings. The van der Waals surface area contributed by atoms with Crippen LogP contribution in [0.2, 0.25) is 0 Å². The summed E-state index contributed by atoms with van der Waals surface area (Å²) in [7, 11) is 3.11. The van der Waals surface area contributed by atoms with Gasteiger partial charge in [0.2, 0.25) is 0 Å². The van der Waals surface area contributed by atoms with Crippen LogP contribution in [0.4, 0.5) is 0 Å². The predicted molar refractivity (Wildman–Crippen MR) is 105 cm³/mol. The van der Waals surface area contributed by atoms with Crippen LogP contribution in [0.25, 0.3) is 5.76 Å². The molecule has 1 aliphatic heterocycles. The molecule has 0 bridgehead atoms. The molecule has 1 saturated heterocycles. The number of ketones is 1. The minimum absolute atomic E-state index is 0.0851. The summed E-state index contributed by atoms with van der Waals surface area (Å²) in [6.07, 6.45) is 0.589. The summed E-state index contributed by atoms with van der Waals surface area (Å²) in [5.41, 5.74) is 1.28. The Kier molecular flexibility index (Phi) is 6.11. The fraction of sp³-hybridized carbons (Fsp3) is 0.273. The molecule has 0 aromatic heterocycles. The molecule has 1 atom stereocenters. The molecule has 28 heavy (non-hydrogen) atoms. The molecular formula is C22H23NO5. The third-order valence-electron chi connectivity index (χ3n) is 4.75. The number of ether oxygens (including phenoxy) is 2. The van der Waals surface area contributed by atoms with E-state index >= 15 is 0 Å². The summed E-state index contributed by atoms with van der Waals surface area (Å²) in [6, 6.07) is 15.4. The zero-order chi connectivity index (χ0) is 20.1. The Bertz CT molecular complexity index is 891. The molecule has 6 heteroatoms. The van der Waals surface area contributed by atoms with Crippen molar-refractivity contribution in [1.29, 1.82) is 0 Å². The molecule has 0 unspecified atom stereocenters. The normalized spacial score (nSPS) is 18.5. The van der Waals surface area contributed by atoms with Gasteiger partial charge >= 0.3 is 0 Å². The fourth-order valence-corrected chi connectivity index (χ4v) is 3.40. The van der Waals surface area contributed by atoms with Crippen LogP contribution in [-0.4, -0.2) is 49.1 Å². The van der Waals surface area contributed by atoms with Crippen molar-refractivity contribution in [1.82, 2.24) is 4.90 Å². The van der Waals surface area contributed by atoms with Gasteiger partial charge in [0, 0.05) is 25.8 Å². The second-order valence-corrected chi connectivity index (χ2v) is 6.48. The molecule has 1 amide bonds. The number of methoxy groups -OCH3 is 2. The lowest BCUT2D eigenvalue weighted by molar-refractivity contribution is -0.140. The highest BCUT2D eigenvalue weighted by Gasteiger charge is 2.45. The molecule has 1 heterocycles. The van der Waals surface area contributed by atoms with E-state index in [0.717, 1.165) is 5.56 Å². The van der Waals surface area contributed by atoms with Gasteiger partial charge in [-0.25, -0.2) is 0 Å². The van der Waals surface area contributed by atoms with Gasteiger partial charge in [-0.2, -0.15) is 0 Å². The predicted octanol–water partition coefficient (Wildman–Crippen LogP) is 3.15. The number of Topliss-reactive ketones (excluding diaryl/α,β-unsaturated/α-hetero) is 1. The molecule has 1 N–H and O–H groups in total. The van der Waals surface area contributed by atoms with Crippen molar-refractivity contribution in [2.75, 3.05) is 27.4 Å². The number of likely N-dealkylation sites (tertiary alicyclic amines) is 1. The minimum atomic E-state index is -0.688. The van der Waals surface area contributed by atoms with E-state index in [4.69, 9.17) is 9.47 Å². The fourth-order valence-electron chi connectivity index (χ4n) is 3.40. The summed E-state index contributed by atoms with van der Waals surface area (Å²) < 4.78 is 10.3. The molecule has 3 rings (SSSR count). The molecule has 0 spiro atoms. The van der Waals surface area contributed by atoms with Gasteiger partial charge in [-0.1, -0.05) is 42.5 Å². The molecule has 2 aromatic carbocycles. The number of benzene rings is 2. The molecular weight excluding hydrogens is 358 g/mol. The summed E-state index contributed by atoms with van der Waals surface area (Å²) >= 11 is 0. The lowest BCUT2D eigenvalue weighted by Crippen LogP contribution is -2.31. The molecule has 2 aromatic rings. The summed E-state index contributed by atoms with van der Waals surface area (Å²) in [4.78, 5) is 27.1. The number of nitrogens with zero attached hydrogens (tertiary/aromatic N) is 1. The van der Waals surface area contributed by atoms with Gasteiger partial charge in [0.05, 0.1) is 18.7 Å². The van der Waals surface area contributed by atoms with Gasteiger partial charge in [0.15, 0.2) is 0 Å². The van der Waals surface area contributed by atoms with Gasteiger partial charge in [0.25, 0.3) is 11.7 Å². The van der Waals surface area contributed by atoms with Crippen LogP contribution < -0.4 is 4.74 Å². The summed E-state index contributed by atoms with van der Waals surface area (Å²) in [5.74, 6) is -0.962. The maximum Gasteiger partial charge on any atom is 0.295 e. The maximum absolute atomic E-state index is 12.8. The number of amides is 1. The Morgan fingerprint density at radius 1 is 1.07 bits per heavy atom. The van der Waals surface area contributed by atoms with Crippen molar-refractivity contribution in [2.24, 2.45) is 0 Å². The zero-order valence-electron chi connectivity index (χ0n) is 15.9. The van der Waals surface area contributed by atoms with Gasteiger partial charge < -0.3 is 19.5 Å². The maximum atomic E-state index is 12.8. The molecule has 6 nitrogen and oxygen atoms in total.